The van der Waals surface area contributed by atoms with Crippen molar-refractivity contribution >= 4 is 11.8 Å². The number of Topliss-reactive ketones (excluding diaryl/α,β-unsaturated/α-hetero) is 1. The lowest BCUT2D eigenvalue weighted by Crippen LogP contribution is -2.23. The molecule has 1 fully saturated rings. The summed E-state index contributed by atoms with van der Waals surface area (Å²) in [5.41, 5.74) is -0.738. The first-order valence-electron chi connectivity index (χ1n) is 10.1. The molecule has 1 saturated carbocycles. The number of methoxy groups -OCH3 is 1. The first kappa shape index (κ1) is 23.6. The van der Waals surface area contributed by atoms with Crippen LogP contribution in [0, 0.1) is 11.8 Å². The van der Waals surface area contributed by atoms with Gasteiger partial charge >= 0.3 is 5.97 Å². The van der Waals surface area contributed by atoms with Gasteiger partial charge in [0.1, 0.15) is 5.78 Å². The van der Waals surface area contributed by atoms with Crippen molar-refractivity contribution < 1.29 is 24.5 Å². The molecule has 1 aliphatic carbocycles. The Hall–Kier alpha value is -1.46. The van der Waals surface area contributed by atoms with Crippen LogP contribution in [0.2, 0.25) is 0 Å². The zero-order valence-corrected chi connectivity index (χ0v) is 17.0. The Morgan fingerprint density at radius 1 is 1.30 bits per heavy atom. The van der Waals surface area contributed by atoms with Crippen LogP contribution >= 0.6 is 0 Å². The SMILES string of the molecule is CCCC[C@@](C)(O)C/C=C/[C@H]1[C@H](O)CC(=O)[C@@H]1CC/C=C\CCC(=O)OC. The Kier molecular flexibility index (Phi) is 10.6. The van der Waals surface area contributed by atoms with E-state index >= 15 is 0 Å². The number of carbonyl (C=O) groups excluding carboxylic acids is 2. The topological polar surface area (TPSA) is 83.8 Å². The number of rotatable bonds is 12. The van der Waals surface area contributed by atoms with Crippen molar-refractivity contribution in [1.82, 2.24) is 0 Å². The second kappa shape index (κ2) is 12.1. The molecule has 0 aromatic rings. The van der Waals surface area contributed by atoms with Crippen LogP contribution in [-0.2, 0) is 14.3 Å². The van der Waals surface area contributed by atoms with E-state index in [9.17, 15) is 19.8 Å². The van der Waals surface area contributed by atoms with Crippen LogP contribution in [0.1, 0.15) is 71.6 Å². The minimum atomic E-state index is -0.738. The summed E-state index contributed by atoms with van der Waals surface area (Å²) in [5.74, 6) is -0.475. The molecule has 0 aromatic carbocycles. The van der Waals surface area contributed by atoms with Gasteiger partial charge in [0.05, 0.1) is 18.8 Å². The third kappa shape index (κ3) is 8.85. The molecule has 2 N–H and O–H groups in total. The van der Waals surface area contributed by atoms with Gasteiger partial charge in [0, 0.05) is 24.7 Å². The lowest BCUT2D eigenvalue weighted by molar-refractivity contribution is -0.140. The van der Waals surface area contributed by atoms with Crippen LogP contribution in [0.5, 0.6) is 0 Å². The summed E-state index contributed by atoms with van der Waals surface area (Å²) in [5, 5.41) is 20.6. The van der Waals surface area contributed by atoms with Crippen molar-refractivity contribution in [2.24, 2.45) is 11.8 Å². The highest BCUT2D eigenvalue weighted by molar-refractivity contribution is 5.84. The molecule has 5 heteroatoms. The van der Waals surface area contributed by atoms with Gasteiger partial charge in [-0.3, -0.25) is 9.59 Å². The van der Waals surface area contributed by atoms with Crippen LogP contribution in [-0.4, -0.2) is 40.8 Å². The van der Waals surface area contributed by atoms with Gasteiger partial charge in [-0.05, 0) is 39.0 Å². The van der Waals surface area contributed by atoms with Crippen LogP contribution in [0.3, 0.4) is 0 Å². The predicted octanol–water partition coefficient (Wildman–Crippen LogP) is 3.73. The number of allylic oxidation sites excluding steroid dienone is 2. The molecular weight excluding hydrogens is 344 g/mol. The van der Waals surface area contributed by atoms with Gasteiger partial charge in [0.25, 0.3) is 0 Å². The number of ether oxygens (including phenoxy) is 1. The largest absolute Gasteiger partial charge is 0.469 e. The van der Waals surface area contributed by atoms with Gasteiger partial charge in [0.2, 0.25) is 0 Å². The van der Waals surface area contributed by atoms with Gasteiger partial charge in [-0.15, -0.1) is 0 Å². The number of esters is 1. The average molecular weight is 381 g/mol. The van der Waals surface area contributed by atoms with Gasteiger partial charge in [-0.1, -0.05) is 44.1 Å². The minimum Gasteiger partial charge on any atom is -0.469 e. The minimum absolute atomic E-state index is 0.109. The lowest BCUT2D eigenvalue weighted by atomic mass is 9.88. The maximum atomic E-state index is 12.2. The van der Waals surface area contributed by atoms with E-state index in [1.807, 2.05) is 31.2 Å². The molecule has 5 nitrogen and oxygen atoms in total. The van der Waals surface area contributed by atoms with Crippen molar-refractivity contribution in [2.75, 3.05) is 7.11 Å². The van der Waals surface area contributed by atoms with Gasteiger partial charge in [-0.25, -0.2) is 0 Å². The first-order chi connectivity index (χ1) is 12.8. The van der Waals surface area contributed by atoms with Crippen molar-refractivity contribution in [3.05, 3.63) is 24.3 Å². The van der Waals surface area contributed by atoms with Crippen molar-refractivity contribution in [3.8, 4) is 0 Å². The van der Waals surface area contributed by atoms with Gasteiger partial charge in [0.15, 0.2) is 0 Å². The number of unbranched alkanes of at least 4 members (excludes halogenated alkanes) is 1. The quantitative estimate of drug-likeness (QED) is 0.398. The molecule has 1 aliphatic rings. The zero-order valence-electron chi connectivity index (χ0n) is 17.0. The third-order valence-electron chi connectivity index (χ3n) is 5.27. The van der Waals surface area contributed by atoms with Gasteiger partial charge < -0.3 is 14.9 Å². The second-order valence-electron chi connectivity index (χ2n) is 7.82. The maximum Gasteiger partial charge on any atom is 0.305 e. The fraction of sp³-hybridized carbons (Fsp3) is 0.727. The molecule has 0 aromatic heterocycles. The summed E-state index contributed by atoms with van der Waals surface area (Å²) < 4.78 is 4.59. The van der Waals surface area contributed by atoms with E-state index in [-0.39, 0.29) is 30.0 Å². The Labute approximate surface area is 163 Å². The van der Waals surface area contributed by atoms with E-state index < -0.39 is 11.7 Å². The average Bonchev–Trinajstić information content (AvgIpc) is 2.89. The van der Waals surface area contributed by atoms with Gasteiger partial charge in [-0.2, -0.15) is 0 Å². The highest BCUT2D eigenvalue weighted by Gasteiger charge is 2.39. The Morgan fingerprint density at radius 3 is 2.67 bits per heavy atom. The van der Waals surface area contributed by atoms with E-state index in [0.29, 0.717) is 25.7 Å². The predicted molar refractivity (Wildman–Crippen MR) is 106 cm³/mol. The van der Waals surface area contributed by atoms with Crippen LogP contribution < -0.4 is 0 Å². The zero-order chi connectivity index (χ0) is 20.3. The fourth-order valence-electron chi connectivity index (χ4n) is 3.55. The number of carbonyl (C=O) groups is 2. The summed E-state index contributed by atoms with van der Waals surface area (Å²) in [7, 11) is 1.37. The standard InChI is InChI=1S/C22H36O5/c1-4-5-14-22(2,26)15-10-12-18-17(19(23)16-20(18)24)11-8-6-7-9-13-21(25)27-3/h6-7,10,12,17-18,20,24,26H,4-5,8-9,11,13-16H2,1-3H3/b7-6-,12-10+/t17-,18-,20-,22-/m1/s1. The van der Waals surface area contributed by atoms with E-state index in [1.165, 1.54) is 7.11 Å². The van der Waals surface area contributed by atoms with Crippen LogP contribution in [0.25, 0.3) is 0 Å². The monoisotopic (exact) mass is 380 g/mol. The van der Waals surface area contributed by atoms with Crippen molar-refractivity contribution in [1.29, 1.82) is 0 Å². The first-order valence-corrected chi connectivity index (χ1v) is 10.1. The Bertz CT molecular complexity index is 521. The highest BCUT2D eigenvalue weighted by Crippen LogP contribution is 2.34. The summed E-state index contributed by atoms with van der Waals surface area (Å²) >= 11 is 0. The lowest BCUT2D eigenvalue weighted by Gasteiger charge is -2.22. The summed E-state index contributed by atoms with van der Waals surface area (Å²) in [4.78, 5) is 23.3. The van der Waals surface area contributed by atoms with E-state index in [0.717, 1.165) is 25.7 Å². The van der Waals surface area contributed by atoms with Crippen LogP contribution in [0.15, 0.2) is 24.3 Å². The molecule has 154 valence electrons. The molecule has 4 atom stereocenters. The Balaban J connectivity index is 2.49. The van der Waals surface area contributed by atoms with Crippen molar-refractivity contribution in [2.45, 2.75) is 83.3 Å². The molecule has 0 radical (unpaired) electrons. The molecule has 0 heterocycles. The smallest absolute Gasteiger partial charge is 0.305 e. The number of aliphatic hydroxyl groups excluding tert-OH is 1. The molecule has 0 aliphatic heterocycles. The number of hydrogen-bond donors (Lipinski definition) is 2. The molecule has 1 rings (SSSR count). The van der Waals surface area contributed by atoms with Crippen LogP contribution in [0.4, 0.5) is 0 Å². The van der Waals surface area contributed by atoms with Crippen molar-refractivity contribution in [3.63, 3.8) is 0 Å². The summed E-state index contributed by atoms with van der Waals surface area (Å²) in [6.07, 6.45) is 13.0. The molecule has 0 amide bonds. The number of hydrogen-bond acceptors (Lipinski definition) is 5. The molecule has 0 unspecified atom stereocenters. The summed E-state index contributed by atoms with van der Waals surface area (Å²) in [6, 6.07) is 0. The van der Waals surface area contributed by atoms with E-state index in [1.54, 1.807) is 0 Å². The normalized spacial score (nSPS) is 25.4. The fourth-order valence-corrected chi connectivity index (χ4v) is 3.55. The Morgan fingerprint density at radius 2 is 2.00 bits per heavy atom. The molecule has 0 bridgehead atoms. The summed E-state index contributed by atoms with van der Waals surface area (Å²) in [6.45, 7) is 3.93. The number of ketones is 1. The molecular formula is C22H36O5. The number of aliphatic hydroxyl groups is 2. The van der Waals surface area contributed by atoms with E-state index in [2.05, 4.69) is 11.7 Å². The highest BCUT2D eigenvalue weighted by atomic mass is 16.5. The molecule has 0 saturated heterocycles. The maximum absolute atomic E-state index is 12.2. The third-order valence-corrected chi connectivity index (χ3v) is 5.27. The second-order valence-corrected chi connectivity index (χ2v) is 7.82. The molecule has 0 spiro atoms. The molecule has 27 heavy (non-hydrogen) atoms. The van der Waals surface area contributed by atoms with E-state index in [4.69, 9.17) is 0 Å².